The van der Waals surface area contributed by atoms with Crippen LogP contribution in [0.15, 0.2) is 24.3 Å². The number of ether oxygens (including phenoxy) is 2. The van der Waals surface area contributed by atoms with Crippen LogP contribution in [0.4, 0.5) is 0 Å². The van der Waals surface area contributed by atoms with Crippen LogP contribution in [-0.2, 0) is 14.3 Å². The monoisotopic (exact) mass is 248 g/mol. The SMILES string of the molecule is COCC#Cc1ccccc1C(O)CC(=O)OC. The van der Waals surface area contributed by atoms with Crippen molar-refractivity contribution in [3.8, 4) is 11.8 Å². The van der Waals surface area contributed by atoms with E-state index >= 15 is 0 Å². The molecule has 0 aliphatic rings. The molecule has 0 saturated heterocycles. The fourth-order valence-corrected chi connectivity index (χ4v) is 1.46. The summed E-state index contributed by atoms with van der Waals surface area (Å²) >= 11 is 0. The van der Waals surface area contributed by atoms with Crippen molar-refractivity contribution in [1.82, 2.24) is 0 Å². The first-order valence-electron chi connectivity index (χ1n) is 5.50. The van der Waals surface area contributed by atoms with Gasteiger partial charge in [-0.15, -0.1) is 0 Å². The maximum atomic E-state index is 11.1. The smallest absolute Gasteiger partial charge is 0.308 e. The predicted octanol–water partition coefficient (Wildman–Crippen LogP) is 1.28. The number of esters is 1. The zero-order valence-electron chi connectivity index (χ0n) is 10.5. The van der Waals surface area contributed by atoms with Gasteiger partial charge in [0.15, 0.2) is 0 Å². The molecule has 0 aliphatic carbocycles. The van der Waals surface area contributed by atoms with Crippen LogP contribution in [0.5, 0.6) is 0 Å². The highest BCUT2D eigenvalue weighted by atomic mass is 16.5. The van der Waals surface area contributed by atoms with E-state index in [4.69, 9.17) is 4.74 Å². The van der Waals surface area contributed by atoms with Crippen LogP contribution >= 0.6 is 0 Å². The van der Waals surface area contributed by atoms with Crippen molar-refractivity contribution >= 4 is 5.97 Å². The molecular formula is C14H16O4. The Kier molecular flexibility index (Phi) is 5.92. The van der Waals surface area contributed by atoms with Crippen molar-refractivity contribution in [1.29, 1.82) is 0 Å². The summed E-state index contributed by atoms with van der Waals surface area (Å²) in [6, 6.07) is 7.14. The molecule has 0 spiro atoms. The lowest BCUT2D eigenvalue weighted by Gasteiger charge is -2.11. The van der Waals surface area contributed by atoms with Crippen molar-refractivity contribution in [3.05, 3.63) is 35.4 Å². The molecule has 0 heterocycles. The van der Waals surface area contributed by atoms with E-state index in [1.165, 1.54) is 7.11 Å². The summed E-state index contributed by atoms with van der Waals surface area (Å²) in [4.78, 5) is 11.1. The van der Waals surface area contributed by atoms with Gasteiger partial charge in [0.1, 0.15) is 6.61 Å². The lowest BCUT2D eigenvalue weighted by Crippen LogP contribution is -2.09. The van der Waals surface area contributed by atoms with Crippen LogP contribution in [0.1, 0.15) is 23.7 Å². The van der Waals surface area contributed by atoms with Crippen LogP contribution in [0.2, 0.25) is 0 Å². The van der Waals surface area contributed by atoms with E-state index < -0.39 is 12.1 Å². The Morgan fingerprint density at radius 3 is 2.78 bits per heavy atom. The Morgan fingerprint density at radius 1 is 1.39 bits per heavy atom. The number of aliphatic hydroxyl groups excluding tert-OH is 1. The van der Waals surface area contributed by atoms with E-state index in [0.717, 1.165) is 0 Å². The number of aliphatic hydroxyl groups is 1. The highest BCUT2D eigenvalue weighted by Gasteiger charge is 2.15. The number of methoxy groups -OCH3 is 2. The molecule has 1 N–H and O–H groups in total. The Bertz CT molecular complexity index is 456. The first kappa shape index (κ1) is 14.2. The number of hydrogen-bond acceptors (Lipinski definition) is 4. The zero-order chi connectivity index (χ0) is 13.4. The Labute approximate surface area is 107 Å². The first-order chi connectivity index (χ1) is 8.69. The molecule has 0 saturated carbocycles. The van der Waals surface area contributed by atoms with Crippen LogP contribution in [0, 0.1) is 11.8 Å². The lowest BCUT2D eigenvalue weighted by atomic mass is 10.0. The first-order valence-corrected chi connectivity index (χ1v) is 5.50. The number of carbonyl (C=O) groups is 1. The van der Waals surface area contributed by atoms with Crippen molar-refractivity contribution in [2.45, 2.75) is 12.5 Å². The van der Waals surface area contributed by atoms with Gasteiger partial charge in [0.2, 0.25) is 0 Å². The van der Waals surface area contributed by atoms with Crippen LogP contribution < -0.4 is 0 Å². The summed E-state index contributed by atoms with van der Waals surface area (Å²) in [5, 5.41) is 9.96. The molecular weight excluding hydrogens is 232 g/mol. The average Bonchev–Trinajstić information content (AvgIpc) is 2.39. The van der Waals surface area contributed by atoms with Crippen molar-refractivity contribution in [2.75, 3.05) is 20.8 Å². The molecule has 18 heavy (non-hydrogen) atoms. The highest BCUT2D eigenvalue weighted by molar-refractivity contribution is 5.70. The van der Waals surface area contributed by atoms with Gasteiger partial charge in [-0.05, 0) is 11.6 Å². The molecule has 0 aromatic heterocycles. The van der Waals surface area contributed by atoms with Gasteiger partial charge in [0, 0.05) is 12.7 Å². The van der Waals surface area contributed by atoms with E-state index in [0.29, 0.717) is 17.7 Å². The summed E-state index contributed by atoms with van der Waals surface area (Å²) in [6.07, 6.45) is -0.995. The minimum atomic E-state index is -0.912. The van der Waals surface area contributed by atoms with E-state index in [1.54, 1.807) is 25.3 Å². The number of hydrogen-bond donors (Lipinski definition) is 1. The second-order valence-corrected chi connectivity index (χ2v) is 3.62. The quantitative estimate of drug-likeness (QED) is 0.644. The molecule has 0 amide bonds. The van der Waals surface area contributed by atoms with Crippen LogP contribution in [-0.4, -0.2) is 31.9 Å². The van der Waals surface area contributed by atoms with Gasteiger partial charge in [0.05, 0.1) is 19.6 Å². The fourth-order valence-electron chi connectivity index (χ4n) is 1.46. The molecule has 96 valence electrons. The number of benzene rings is 1. The molecule has 0 radical (unpaired) electrons. The van der Waals surface area contributed by atoms with E-state index in [2.05, 4.69) is 16.6 Å². The summed E-state index contributed by atoms with van der Waals surface area (Å²) in [5.41, 5.74) is 1.30. The molecule has 1 rings (SSSR count). The molecule has 4 nitrogen and oxygen atoms in total. The third kappa shape index (κ3) is 4.21. The van der Waals surface area contributed by atoms with E-state index in [9.17, 15) is 9.90 Å². The van der Waals surface area contributed by atoms with Gasteiger partial charge in [-0.2, -0.15) is 0 Å². The second-order valence-electron chi connectivity index (χ2n) is 3.62. The van der Waals surface area contributed by atoms with Crippen molar-refractivity contribution in [2.24, 2.45) is 0 Å². The minimum Gasteiger partial charge on any atom is -0.469 e. The Morgan fingerprint density at radius 2 is 2.11 bits per heavy atom. The van der Waals surface area contributed by atoms with Gasteiger partial charge in [0.25, 0.3) is 0 Å². The average molecular weight is 248 g/mol. The summed E-state index contributed by atoms with van der Waals surface area (Å²) in [5.74, 6) is 5.26. The summed E-state index contributed by atoms with van der Waals surface area (Å²) in [6.45, 7) is 0.321. The maximum Gasteiger partial charge on any atom is 0.308 e. The van der Waals surface area contributed by atoms with Crippen LogP contribution in [0.25, 0.3) is 0 Å². The topological polar surface area (TPSA) is 55.8 Å². The third-order valence-electron chi connectivity index (χ3n) is 2.35. The van der Waals surface area contributed by atoms with Crippen LogP contribution in [0.3, 0.4) is 0 Å². The maximum absolute atomic E-state index is 11.1. The van der Waals surface area contributed by atoms with Gasteiger partial charge in [-0.25, -0.2) is 0 Å². The third-order valence-corrected chi connectivity index (χ3v) is 2.35. The molecule has 0 aliphatic heterocycles. The summed E-state index contributed by atoms with van der Waals surface area (Å²) < 4.78 is 9.36. The molecule has 1 atom stereocenters. The lowest BCUT2D eigenvalue weighted by molar-refractivity contribution is -0.142. The Hall–Kier alpha value is -1.83. The largest absolute Gasteiger partial charge is 0.469 e. The van der Waals surface area contributed by atoms with E-state index in [-0.39, 0.29) is 6.42 Å². The van der Waals surface area contributed by atoms with Gasteiger partial charge >= 0.3 is 5.97 Å². The van der Waals surface area contributed by atoms with Gasteiger partial charge in [-0.1, -0.05) is 30.0 Å². The molecule has 1 aromatic rings. The molecule has 1 unspecified atom stereocenters. The molecule has 0 fully saturated rings. The second kappa shape index (κ2) is 7.49. The minimum absolute atomic E-state index is 0.0839. The van der Waals surface area contributed by atoms with E-state index in [1.807, 2.05) is 6.07 Å². The molecule has 1 aromatic carbocycles. The van der Waals surface area contributed by atoms with Crippen molar-refractivity contribution in [3.63, 3.8) is 0 Å². The zero-order valence-corrected chi connectivity index (χ0v) is 10.5. The summed E-state index contributed by atoms with van der Waals surface area (Å²) in [7, 11) is 2.85. The normalized spacial score (nSPS) is 11.3. The molecule has 0 bridgehead atoms. The van der Waals surface area contributed by atoms with Gasteiger partial charge in [-0.3, -0.25) is 4.79 Å². The molecule has 4 heteroatoms. The standard InChI is InChI=1S/C14H16O4/c1-17-9-5-7-11-6-3-4-8-12(11)13(15)10-14(16)18-2/h3-4,6,8,13,15H,9-10H2,1-2H3. The predicted molar refractivity (Wildman–Crippen MR) is 66.8 cm³/mol. The number of carbonyl (C=O) groups excluding carboxylic acids is 1. The van der Waals surface area contributed by atoms with Crippen molar-refractivity contribution < 1.29 is 19.4 Å². The highest BCUT2D eigenvalue weighted by Crippen LogP contribution is 2.20. The Balaban J connectivity index is 2.88. The van der Waals surface area contributed by atoms with Gasteiger partial charge < -0.3 is 14.6 Å². The number of rotatable bonds is 4. The fraction of sp³-hybridized carbons (Fsp3) is 0.357.